The van der Waals surface area contributed by atoms with Crippen LogP contribution in [0.15, 0.2) is 41.3 Å². The molecule has 11 heteroatoms. The Morgan fingerprint density at radius 2 is 1.88 bits per heavy atom. The third-order valence-electron chi connectivity index (χ3n) is 5.80. The first kappa shape index (κ1) is 26.7. The van der Waals surface area contributed by atoms with Gasteiger partial charge in [-0.2, -0.15) is 4.31 Å². The summed E-state index contributed by atoms with van der Waals surface area (Å²) in [5.74, 6) is 0.725. The molecule has 3 aromatic rings. The van der Waals surface area contributed by atoms with Gasteiger partial charge >= 0.3 is 0 Å². The molecule has 0 saturated carbocycles. The Morgan fingerprint density at radius 1 is 1.15 bits per heavy atom. The Labute approximate surface area is 209 Å². The van der Waals surface area contributed by atoms with Crippen LogP contribution in [-0.2, 0) is 23.6 Å². The van der Waals surface area contributed by atoms with E-state index in [1.165, 1.54) is 10.6 Å². The van der Waals surface area contributed by atoms with E-state index in [-0.39, 0.29) is 24.6 Å². The second-order valence-electron chi connectivity index (χ2n) is 8.31. The molecule has 1 aliphatic rings. The number of hydrogen-bond acceptors (Lipinski definition) is 7. The number of nitrogens with zero attached hydrogens (tertiary/aromatic N) is 3. The Morgan fingerprint density at radius 3 is 2.56 bits per heavy atom. The van der Waals surface area contributed by atoms with E-state index in [4.69, 9.17) is 9.84 Å². The fourth-order valence-corrected chi connectivity index (χ4v) is 6.08. The minimum atomic E-state index is -3.16. The van der Waals surface area contributed by atoms with Gasteiger partial charge in [-0.15, -0.1) is 23.7 Å². The highest BCUT2D eigenvalue weighted by atomic mass is 35.5. The van der Waals surface area contributed by atoms with E-state index in [2.05, 4.69) is 4.90 Å². The van der Waals surface area contributed by atoms with Gasteiger partial charge in [0.2, 0.25) is 10.0 Å². The molecule has 1 saturated heterocycles. The SMILES string of the molecule is Cl.Cn1cc(-c2cccc(OCCCO)c2)c2sc(CN3CCN(S(C)(=O)=O)CC3)cc2c1=O. The molecule has 1 fully saturated rings. The summed E-state index contributed by atoms with van der Waals surface area (Å²) in [7, 11) is -1.40. The number of aromatic nitrogens is 1. The molecule has 0 atom stereocenters. The number of hydrogen-bond donors (Lipinski definition) is 1. The average Bonchev–Trinajstić information content (AvgIpc) is 3.20. The second kappa shape index (κ2) is 11.2. The molecule has 1 aliphatic heterocycles. The predicted molar refractivity (Wildman–Crippen MR) is 139 cm³/mol. The maximum atomic E-state index is 12.8. The van der Waals surface area contributed by atoms with Crippen molar-refractivity contribution in [3.05, 3.63) is 51.8 Å². The number of sulfonamides is 1. The lowest BCUT2D eigenvalue weighted by atomic mass is 10.1. The first-order valence-electron chi connectivity index (χ1n) is 10.9. The molecule has 1 N–H and O–H groups in total. The molecule has 0 amide bonds. The number of ether oxygens (including phenoxy) is 1. The molecular formula is C23H30ClN3O5S2. The van der Waals surface area contributed by atoms with Crippen LogP contribution in [0, 0.1) is 0 Å². The normalized spacial score (nSPS) is 15.4. The van der Waals surface area contributed by atoms with Crippen LogP contribution in [0.4, 0.5) is 0 Å². The van der Waals surface area contributed by atoms with Crippen LogP contribution < -0.4 is 10.3 Å². The number of pyridine rings is 1. The molecule has 1 aromatic carbocycles. The third-order valence-corrected chi connectivity index (χ3v) is 8.25. The number of benzene rings is 1. The van der Waals surface area contributed by atoms with Gasteiger partial charge in [-0.25, -0.2) is 8.42 Å². The lowest BCUT2D eigenvalue weighted by molar-refractivity contribution is 0.183. The van der Waals surface area contributed by atoms with Crippen LogP contribution in [0.5, 0.6) is 5.75 Å². The van der Waals surface area contributed by atoms with Gasteiger partial charge < -0.3 is 14.4 Å². The summed E-state index contributed by atoms with van der Waals surface area (Å²) in [5, 5.41) is 9.67. The van der Waals surface area contributed by atoms with Crippen molar-refractivity contribution < 1.29 is 18.3 Å². The maximum absolute atomic E-state index is 12.8. The average molecular weight is 528 g/mol. The van der Waals surface area contributed by atoms with Crippen LogP contribution in [0.25, 0.3) is 21.2 Å². The number of halogens is 1. The molecule has 4 rings (SSSR count). The highest BCUT2D eigenvalue weighted by Gasteiger charge is 2.24. The number of thiophene rings is 1. The Balaban J connectivity index is 0.00000324. The van der Waals surface area contributed by atoms with Gasteiger partial charge in [0.25, 0.3) is 5.56 Å². The standard InChI is InChI=1S/C23H29N3O5S2.ClH/c1-24-16-21(17-5-3-6-18(13-17)31-12-4-11-27)22-20(23(24)28)14-19(32-22)15-25-7-9-26(10-8-25)33(2,29)30;/h3,5-6,13-14,16,27H,4,7-12,15H2,1-2H3;1H. The number of aliphatic hydroxyl groups excluding tert-OH is 1. The van der Waals surface area contributed by atoms with Crippen molar-refractivity contribution in [3.8, 4) is 16.9 Å². The summed E-state index contributed by atoms with van der Waals surface area (Å²) in [6.07, 6.45) is 3.68. The van der Waals surface area contributed by atoms with Gasteiger partial charge in [0.15, 0.2) is 0 Å². The molecule has 8 nitrogen and oxygen atoms in total. The van der Waals surface area contributed by atoms with Gasteiger partial charge in [-0.05, 0) is 23.8 Å². The highest BCUT2D eigenvalue weighted by Crippen LogP contribution is 2.35. The summed E-state index contributed by atoms with van der Waals surface area (Å²) in [6.45, 7) is 3.52. The zero-order chi connectivity index (χ0) is 23.6. The van der Waals surface area contributed by atoms with E-state index in [1.54, 1.807) is 23.0 Å². The Bertz CT molecular complexity index is 1300. The number of fused-ring (bicyclic) bond motifs is 1. The first-order chi connectivity index (χ1) is 15.8. The fourth-order valence-electron chi connectivity index (χ4n) is 4.03. The van der Waals surface area contributed by atoms with Crippen molar-refractivity contribution in [1.82, 2.24) is 13.8 Å². The summed E-state index contributed by atoms with van der Waals surface area (Å²) in [4.78, 5) is 16.2. The predicted octanol–water partition coefficient (Wildman–Crippen LogP) is 2.53. The molecule has 0 spiro atoms. The van der Waals surface area contributed by atoms with Crippen molar-refractivity contribution in [3.63, 3.8) is 0 Å². The number of rotatable bonds is 8. The molecule has 0 radical (unpaired) electrons. The summed E-state index contributed by atoms with van der Waals surface area (Å²) in [6, 6.07) is 9.74. The van der Waals surface area contributed by atoms with Crippen LogP contribution in [0.3, 0.4) is 0 Å². The lowest BCUT2D eigenvalue weighted by Gasteiger charge is -2.32. The molecule has 34 heavy (non-hydrogen) atoms. The molecule has 0 bridgehead atoms. The summed E-state index contributed by atoms with van der Waals surface area (Å²) >= 11 is 1.61. The third kappa shape index (κ3) is 5.99. The van der Waals surface area contributed by atoms with Crippen LogP contribution >= 0.6 is 23.7 Å². The van der Waals surface area contributed by atoms with E-state index in [0.717, 1.165) is 26.5 Å². The van der Waals surface area contributed by atoms with Crippen molar-refractivity contribution in [2.24, 2.45) is 7.05 Å². The molecule has 0 aliphatic carbocycles. The first-order valence-corrected chi connectivity index (χ1v) is 13.6. The van der Waals surface area contributed by atoms with Gasteiger partial charge in [0.1, 0.15) is 5.75 Å². The molecule has 3 heterocycles. The Kier molecular flexibility index (Phi) is 8.77. The maximum Gasteiger partial charge on any atom is 0.259 e. The summed E-state index contributed by atoms with van der Waals surface area (Å²) in [5.41, 5.74) is 1.90. The number of aryl methyl sites for hydroxylation is 1. The zero-order valence-corrected chi connectivity index (χ0v) is 21.7. The fraction of sp³-hybridized carbons (Fsp3) is 0.435. The molecule has 2 aromatic heterocycles. The van der Waals surface area contributed by atoms with Gasteiger partial charge in [-0.1, -0.05) is 12.1 Å². The van der Waals surface area contributed by atoms with Gasteiger partial charge in [-0.3, -0.25) is 9.69 Å². The molecule has 186 valence electrons. The quantitative estimate of drug-likeness (QED) is 0.453. The largest absolute Gasteiger partial charge is 0.493 e. The number of aliphatic hydroxyl groups is 1. The second-order valence-corrected chi connectivity index (χ2v) is 11.4. The van der Waals surface area contributed by atoms with Crippen LogP contribution in [-0.4, -0.2) is 72.9 Å². The van der Waals surface area contributed by atoms with Crippen LogP contribution in [0.2, 0.25) is 0 Å². The van der Waals surface area contributed by atoms with Crippen molar-refractivity contribution in [2.75, 3.05) is 45.6 Å². The van der Waals surface area contributed by atoms with E-state index >= 15 is 0 Å². The van der Waals surface area contributed by atoms with E-state index in [0.29, 0.717) is 51.1 Å². The monoisotopic (exact) mass is 527 g/mol. The van der Waals surface area contributed by atoms with Crippen molar-refractivity contribution in [1.29, 1.82) is 0 Å². The van der Waals surface area contributed by atoms with E-state index < -0.39 is 10.0 Å². The van der Waals surface area contributed by atoms with Crippen molar-refractivity contribution in [2.45, 2.75) is 13.0 Å². The minimum Gasteiger partial charge on any atom is -0.493 e. The minimum absolute atomic E-state index is 0. The van der Waals surface area contributed by atoms with E-state index in [1.807, 2.05) is 36.5 Å². The number of piperazine rings is 1. The topological polar surface area (TPSA) is 92.1 Å². The van der Waals surface area contributed by atoms with Crippen LogP contribution in [0.1, 0.15) is 11.3 Å². The lowest BCUT2D eigenvalue weighted by Crippen LogP contribution is -2.47. The van der Waals surface area contributed by atoms with Gasteiger partial charge in [0.05, 0.1) is 18.2 Å². The summed E-state index contributed by atoms with van der Waals surface area (Å²) < 4.78 is 33.3. The Hall–Kier alpha value is -1.95. The molecule has 0 unspecified atom stereocenters. The van der Waals surface area contributed by atoms with E-state index in [9.17, 15) is 13.2 Å². The highest BCUT2D eigenvalue weighted by molar-refractivity contribution is 7.88. The smallest absolute Gasteiger partial charge is 0.259 e. The molecular weight excluding hydrogens is 498 g/mol. The van der Waals surface area contributed by atoms with Gasteiger partial charge in [0, 0.05) is 74.1 Å². The van der Waals surface area contributed by atoms with Crippen molar-refractivity contribution >= 4 is 43.9 Å². The zero-order valence-electron chi connectivity index (χ0n) is 19.3.